The smallest absolute Gasteiger partial charge is 0.341 e. The number of aliphatic carboxylic acids is 1. The summed E-state index contributed by atoms with van der Waals surface area (Å²) in [5.74, 6) is -0.977. The van der Waals surface area contributed by atoms with E-state index in [1.54, 1.807) is 12.1 Å². The number of carboxylic acids is 1. The van der Waals surface area contributed by atoms with Gasteiger partial charge in [0.25, 0.3) is 5.69 Å². The molecule has 2 aromatic carbocycles. The van der Waals surface area contributed by atoms with Crippen LogP contribution in [0.3, 0.4) is 0 Å². The van der Waals surface area contributed by atoms with Gasteiger partial charge in [0, 0.05) is 12.1 Å². The van der Waals surface area contributed by atoms with Crippen LogP contribution in [0.5, 0.6) is 5.75 Å². The molecule has 2 rings (SSSR count). The van der Waals surface area contributed by atoms with Crippen molar-refractivity contribution in [2.45, 2.75) is 0 Å². The topological polar surface area (TPSA) is 113 Å². The van der Waals surface area contributed by atoms with Crippen molar-refractivity contribution >= 4 is 50.8 Å². The number of ether oxygens (including phenoxy) is 1. The van der Waals surface area contributed by atoms with Gasteiger partial charge in [-0.1, -0.05) is 23.7 Å². The van der Waals surface area contributed by atoms with Gasteiger partial charge in [-0.25, -0.2) is 4.79 Å². The minimum absolute atomic E-state index is 0.125. The predicted octanol–water partition coefficient (Wildman–Crippen LogP) is 4.54. The van der Waals surface area contributed by atoms with Gasteiger partial charge in [-0.15, -0.1) is 0 Å². The van der Waals surface area contributed by atoms with Crippen LogP contribution in [0.2, 0.25) is 5.02 Å². The third-order valence-electron chi connectivity index (χ3n) is 3.16. The average molecular weight is 438 g/mol. The van der Waals surface area contributed by atoms with Crippen molar-refractivity contribution < 1.29 is 19.6 Å². The number of benzene rings is 2. The Kier molecular flexibility index (Phi) is 6.33. The molecule has 7 nitrogen and oxygen atoms in total. The number of carbonyl (C=O) groups is 1. The van der Waals surface area contributed by atoms with Crippen LogP contribution in [0, 0.1) is 21.4 Å². The molecule has 0 aliphatic carbocycles. The van der Waals surface area contributed by atoms with E-state index < -0.39 is 17.5 Å². The van der Waals surface area contributed by atoms with E-state index in [2.05, 4.69) is 15.9 Å². The summed E-state index contributed by atoms with van der Waals surface area (Å²) < 4.78 is 5.51. The van der Waals surface area contributed by atoms with Crippen LogP contribution >= 0.6 is 27.5 Å². The number of nitro benzene ring substituents is 1. The molecule has 0 aliphatic heterocycles. The standard InChI is InChI=1S/C17H10BrClN2O5/c18-14-5-10(6-15(19)17(14)26-9-16(22)23)4-12(8-20)11-2-1-3-13(7-11)21(24)25/h1-7H,9H2,(H,22,23)/b12-4-. The van der Waals surface area contributed by atoms with Crippen molar-refractivity contribution in [2.24, 2.45) is 0 Å². The molecule has 0 fully saturated rings. The number of allylic oxidation sites excluding steroid dienone is 1. The molecule has 0 aromatic heterocycles. The second-order valence-corrected chi connectivity index (χ2v) is 6.23. The zero-order valence-corrected chi connectivity index (χ0v) is 15.3. The lowest BCUT2D eigenvalue weighted by Gasteiger charge is -2.09. The summed E-state index contributed by atoms with van der Waals surface area (Å²) in [5, 5.41) is 29.1. The van der Waals surface area contributed by atoms with E-state index in [0.717, 1.165) is 0 Å². The van der Waals surface area contributed by atoms with E-state index in [-0.39, 0.29) is 22.0 Å². The molecule has 0 saturated heterocycles. The highest BCUT2D eigenvalue weighted by molar-refractivity contribution is 9.10. The number of nitro groups is 1. The van der Waals surface area contributed by atoms with Gasteiger partial charge < -0.3 is 9.84 Å². The number of nitrogens with zero attached hydrogens (tertiary/aromatic N) is 2. The van der Waals surface area contributed by atoms with Crippen molar-refractivity contribution in [1.29, 1.82) is 5.26 Å². The molecule has 9 heteroatoms. The Morgan fingerprint density at radius 1 is 1.42 bits per heavy atom. The van der Waals surface area contributed by atoms with Crippen molar-refractivity contribution in [3.05, 3.63) is 67.1 Å². The van der Waals surface area contributed by atoms with Crippen molar-refractivity contribution in [2.75, 3.05) is 6.61 Å². The largest absolute Gasteiger partial charge is 0.479 e. The Balaban J connectivity index is 2.41. The average Bonchev–Trinajstić information content (AvgIpc) is 2.58. The summed E-state index contributed by atoms with van der Waals surface area (Å²) in [7, 11) is 0. The van der Waals surface area contributed by atoms with Gasteiger partial charge in [-0.2, -0.15) is 5.26 Å². The number of hydrogen-bond donors (Lipinski definition) is 1. The van der Waals surface area contributed by atoms with E-state index in [1.165, 1.54) is 30.3 Å². The van der Waals surface area contributed by atoms with Crippen LogP contribution in [0.1, 0.15) is 11.1 Å². The molecule has 132 valence electrons. The van der Waals surface area contributed by atoms with Gasteiger partial charge in [0.2, 0.25) is 0 Å². The molecule has 0 bridgehead atoms. The van der Waals surface area contributed by atoms with E-state index in [4.69, 9.17) is 21.4 Å². The Bertz CT molecular complexity index is 929. The summed E-state index contributed by atoms with van der Waals surface area (Å²) in [5.41, 5.74) is 1.00. The molecule has 0 radical (unpaired) electrons. The monoisotopic (exact) mass is 436 g/mol. The molecule has 0 unspecified atom stereocenters. The van der Waals surface area contributed by atoms with Gasteiger partial charge in [-0.05, 0) is 45.3 Å². The Morgan fingerprint density at radius 2 is 2.15 bits per heavy atom. The quantitative estimate of drug-likeness (QED) is 0.307. The molecule has 0 aliphatic rings. The first-order valence-corrected chi connectivity index (χ1v) is 8.19. The van der Waals surface area contributed by atoms with Crippen molar-refractivity contribution in [3.63, 3.8) is 0 Å². The molecular formula is C17H10BrClN2O5. The highest BCUT2D eigenvalue weighted by atomic mass is 79.9. The van der Waals surface area contributed by atoms with Gasteiger partial charge in [0.15, 0.2) is 12.4 Å². The number of rotatable bonds is 6. The summed E-state index contributed by atoms with van der Waals surface area (Å²) in [4.78, 5) is 20.9. The number of halogens is 2. The number of carboxylic acid groups (broad SMARTS) is 1. The first kappa shape index (κ1) is 19.4. The Morgan fingerprint density at radius 3 is 2.73 bits per heavy atom. The molecule has 2 aromatic rings. The van der Waals surface area contributed by atoms with Crippen LogP contribution in [-0.4, -0.2) is 22.6 Å². The van der Waals surface area contributed by atoms with Crippen molar-refractivity contribution in [1.82, 2.24) is 0 Å². The highest BCUT2D eigenvalue weighted by Gasteiger charge is 2.12. The fraction of sp³-hybridized carbons (Fsp3) is 0.0588. The zero-order valence-electron chi connectivity index (χ0n) is 13.0. The van der Waals surface area contributed by atoms with E-state index in [0.29, 0.717) is 15.6 Å². The predicted molar refractivity (Wildman–Crippen MR) is 98.9 cm³/mol. The lowest BCUT2D eigenvalue weighted by Crippen LogP contribution is -2.10. The molecule has 26 heavy (non-hydrogen) atoms. The summed E-state index contributed by atoms with van der Waals surface area (Å²) in [6.07, 6.45) is 1.51. The summed E-state index contributed by atoms with van der Waals surface area (Å²) in [6.45, 7) is -0.551. The molecular weight excluding hydrogens is 428 g/mol. The fourth-order valence-corrected chi connectivity index (χ4v) is 3.06. The van der Waals surface area contributed by atoms with Crippen LogP contribution in [0.25, 0.3) is 11.6 Å². The minimum Gasteiger partial charge on any atom is -0.479 e. The van der Waals surface area contributed by atoms with Gasteiger partial charge >= 0.3 is 5.97 Å². The maximum Gasteiger partial charge on any atom is 0.341 e. The molecule has 0 spiro atoms. The van der Waals surface area contributed by atoms with Gasteiger partial charge in [0.1, 0.15) is 0 Å². The maximum atomic E-state index is 10.9. The van der Waals surface area contributed by atoms with Crippen LogP contribution < -0.4 is 4.74 Å². The molecule has 0 atom stereocenters. The van der Waals surface area contributed by atoms with Crippen LogP contribution in [0.4, 0.5) is 5.69 Å². The molecule has 0 heterocycles. The van der Waals surface area contributed by atoms with Crippen molar-refractivity contribution in [3.8, 4) is 11.8 Å². The normalized spacial score (nSPS) is 10.9. The van der Waals surface area contributed by atoms with E-state index in [9.17, 15) is 20.2 Å². The van der Waals surface area contributed by atoms with Crippen LogP contribution in [-0.2, 0) is 4.79 Å². The fourth-order valence-electron chi connectivity index (χ4n) is 2.07. The molecule has 1 N–H and O–H groups in total. The third-order valence-corrected chi connectivity index (χ3v) is 4.03. The maximum absolute atomic E-state index is 10.9. The first-order chi connectivity index (χ1) is 12.3. The SMILES string of the molecule is N#C/C(=C/c1cc(Cl)c(OCC(=O)O)c(Br)c1)c1cccc([N+](=O)[O-])c1. The lowest BCUT2D eigenvalue weighted by atomic mass is 10.0. The first-order valence-electron chi connectivity index (χ1n) is 7.02. The molecule has 0 amide bonds. The highest BCUT2D eigenvalue weighted by Crippen LogP contribution is 2.35. The number of nitriles is 1. The second kappa shape index (κ2) is 8.47. The Labute approximate surface area is 161 Å². The Hall–Kier alpha value is -2.89. The lowest BCUT2D eigenvalue weighted by molar-refractivity contribution is -0.384. The van der Waals surface area contributed by atoms with Gasteiger partial charge in [-0.3, -0.25) is 10.1 Å². The summed E-state index contributed by atoms with van der Waals surface area (Å²) >= 11 is 9.35. The van der Waals surface area contributed by atoms with E-state index >= 15 is 0 Å². The van der Waals surface area contributed by atoms with Gasteiger partial charge in [0.05, 0.1) is 26.1 Å². The third kappa shape index (κ3) is 4.81. The van der Waals surface area contributed by atoms with Crippen LogP contribution in [0.15, 0.2) is 40.9 Å². The number of hydrogen-bond acceptors (Lipinski definition) is 5. The zero-order chi connectivity index (χ0) is 19.3. The molecule has 0 saturated carbocycles. The van der Waals surface area contributed by atoms with E-state index in [1.807, 2.05) is 6.07 Å². The summed E-state index contributed by atoms with van der Waals surface area (Å²) in [6, 6.07) is 10.8. The number of non-ortho nitro benzene ring substituents is 1. The second-order valence-electron chi connectivity index (χ2n) is 4.97. The minimum atomic E-state index is -1.14.